The number of amides is 1. The fourth-order valence-electron chi connectivity index (χ4n) is 5.87. The molecule has 58 heavy (non-hydrogen) atoms. The number of aliphatic imine (C=N–C) groups is 1. The molecule has 1 saturated heterocycles. The number of aromatic nitrogens is 2. The van der Waals surface area contributed by atoms with Crippen molar-refractivity contribution in [3.05, 3.63) is 30.2 Å². The average Bonchev–Trinajstić information content (AvgIpc) is 3.65. The zero-order valence-corrected chi connectivity index (χ0v) is 35.9. The summed E-state index contributed by atoms with van der Waals surface area (Å²) in [7, 11) is 4.07. The Morgan fingerprint density at radius 2 is 1.76 bits per heavy atom. The van der Waals surface area contributed by atoms with Crippen molar-refractivity contribution >= 4 is 34.9 Å². The fraction of sp³-hybridized carbons (Fsp3) is 0.690. The van der Waals surface area contributed by atoms with Crippen molar-refractivity contribution in [2.24, 2.45) is 33.8 Å². The van der Waals surface area contributed by atoms with E-state index in [1.165, 1.54) is 13.2 Å². The zero-order valence-electron chi connectivity index (χ0n) is 35.9. The van der Waals surface area contributed by atoms with Crippen molar-refractivity contribution in [3.8, 4) is 11.6 Å². The van der Waals surface area contributed by atoms with Crippen molar-refractivity contribution in [3.63, 3.8) is 0 Å². The van der Waals surface area contributed by atoms with Crippen molar-refractivity contribution in [1.29, 1.82) is 0 Å². The molecule has 1 amide bonds. The highest BCUT2D eigenvalue weighted by molar-refractivity contribution is 5.99. The number of aliphatic hydroxyl groups excluding tert-OH is 2. The summed E-state index contributed by atoms with van der Waals surface area (Å²) in [6, 6.07) is 5.62. The first-order valence-corrected chi connectivity index (χ1v) is 19.9. The first-order chi connectivity index (χ1) is 27.1. The highest BCUT2D eigenvalue weighted by Gasteiger charge is 2.28. The third-order valence-corrected chi connectivity index (χ3v) is 9.01. The summed E-state index contributed by atoms with van der Waals surface area (Å²) in [6.45, 7) is 16.4. The quantitative estimate of drug-likeness (QED) is 0.0428. The van der Waals surface area contributed by atoms with Crippen LogP contribution in [-0.4, -0.2) is 107 Å². The number of pyridine rings is 1. The molecule has 1 fully saturated rings. The smallest absolute Gasteiger partial charge is 0.318 e. The van der Waals surface area contributed by atoms with Crippen LogP contribution in [0.4, 0.5) is 5.82 Å². The van der Waals surface area contributed by atoms with Gasteiger partial charge in [0.2, 0.25) is 11.8 Å². The number of nitrogens with zero attached hydrogens (tertiary/aromatic N) is 5. The van der Waals surface area contributed by atoms with E-state index in [-0.39, 0.29) is 56.9 Å². The minimum absolute atomic E-state index is 0. The number of nitrogens with two attached hydrogens (primary N) is 1. The summed E-state index contributed by atoms with van der Waals surface area (Å²) >= 11 is 0. The van der Waals surface area contributed by atoms with Gasteiger partial charge in [-0.25, -0.2) is 15.0 Å². The third-order valence-electron chi connectivity index (χ3n) is 9.01. The van der Waals surface area contributed by atoms with Crippen LogP contribution in [0, 0.1) is 23.7 Å². The number of ketones is 1. The Morgan fingerprint density at radius 3 is 2.34 bits per heavy atom. The predicted molar refractivity (Wildman–Crippen MR) is 226 cm³/mol. The molecule has 1 aliphatic heterocycles. The number of hydrogen-bond acceptors (Lipinski definition) is 15. The number of aliphatic hydroxyl groups is 2. The lowest BCUT2D eigenvalue weighted by Gasteiger charge is -2.34. The Bertz CT molecular complexity index is 1540. The monoisotopic (exact) mass is 821 g/mol. The average molecular weight is 821 g/mol. The van der Waals surface area contributed by atoms with E-state index >= 15 is 0 Å². The largest absolute Gasteiger partial charge is 0.443 e. The molecule has 0 saturated carbocycles. The maximum Gasteiger partial charge on any atom is 0.318 e. The number of oxazole rings is 1. The topological polar surface area (TPSA) is 221 Å². The van der Waals surface area contributed by atoms with E-state index in [1.54, 1.807) is 32.0 Å². The van der Waals surface area contributed by atoms with Gasteiger partial charge in [-0.15, -0.1) is 0 Å². The number of Topliss-reactive ketones (excluding diaryl/α,β-unsaturated/α-hetero) is 1. The maximum absolute atomic E-state index is 12.6. The van der Waals surface area contributed by atoms with Gasteiger partial charge in [0, 0.05) is 30.5 Å². The summed E-state index contributed by atoms with van der Waals surface area (Å²) in [5.74, 6) is -1.99. The highest BCUT2D eigenvalue weighted by atomic mass is 16.6. The molecule has 330 valence electrons. The minimum Gasteiger partial charge on any atom is -0.443 e. The number of nitrogen functional groups attached to an aromatic ring is 1. The molecule has 2 aromatic rings. The molecule has 1 aliphatic rings. The van der Waals surface area contributed by atoms with Gasteiger partial charge in [0.15, 0.2) is 25.5 Å². The number of hydrogen-bond donors (Lipinski definition) is 3. The van der Waals surface area contributed by atoms with E-state index in [9.17, 15) is 19.5 Å². The molecule has 4 N–H and O–H groups in total. The molecule has 3 rings (SSSR count). The standard InChI is InChI=1S/C31H45N5O8.C8H17NO2.C2H6.CH4/c1-7-27(38)35-28(19(2)3)20(4)10-8-11-23(15-41-14-21(5)29(39)22(6)31(40)43-18-37)36-44-17-24-16-42-30(33-24)25-12-9-13-26(32)34-25;1-6-4-7(9(2)3)5-8(10)11-6;1-2;/h9,12-13,16,19-22,37H,7-8,10-11,14-15,17-18H2,1-6H3,(H2,32,34);6-8,10H,4-5H2,1-3H3;1-2H3;1H4/b35-28?,36-23+;;;/t20?,21-,22?;;;/m1.../s1. The molecule has 5 unspecified atom stereocenters. The number of carbonyl (C=O) groups excluding carboxylic acids is 3. The molecule has 6 atom stereocenters. The van der Waals surface area contributed by atoms with E-state index in [0.717, 1.165) is 31.4 Å². The van der Waals surface area contributed by atoms with Crippen molar-refractivity contribution in [1.82, 2.24) is 14.9 Å². The molecular formula is C42H72N6O10. The Labute approximate surface area is 346 Å². The molecular weight excluding hydrogens is 748 g/mol. The lowest BCUT2D eigenvalue weighted by atomic mass is 9.91. The van der Waals surface area contributed by atoms with Crippen LogP contribution >= 0.6 is 0 Å². The Morgan fingerprint density at radius 1 is 1.07 bits per heavy atom. The molecule has 0 aromatic carbocycles. The molecule has 16 nitrogen and oxygen atoms in total. The number of carbonyl (C=O) groups is 3. The first-order valence-electron chi connectivity index (χ1n) is 19.9. The minimum atomic E-state index is -1.02. The van der Waals surface area contributed by atoms with Gasteiger partial charge in [-0.2, -0.15) is 0 Å². The number of rotatable bonds is 20. The summed E-state index contributed by atoms with van der Waals surface area (Å²) < 4.78 is 21.0. The van der Waals surface area contributed by atoms with Crippen molar-refractivity contribution in [2.45, 2.75) is 133 Å². The summed E-state index contributed by atoms with van der Waals surface area (Å²) in [6.07, 6.45) is 5.22. The van der Waals surface area contributed by atoms with Crippen LogP contribution in [0.25, 0.3) is 11.6 Å². The van der Waals surface area contributed by atoms with Crippen LogP contribution in [0.5, 0.6) is 0 Å². The third kappa shape index (κ3) is 20.1. The molecule has 0 spiro atoms. The van der Waals surface area contributed by atoms with E-state index < -0.39 is 30.9 Å². The SMILES string of the molecule is C.CC.CC1CC(N(C)C)CC(O)O1.CCC(=O)N=C(C(C)C)C(C)CCC/C(COC[C@@H](C)C(=O)C(C)C(=O)OCO)=N\OCc1coc(-c2cccc(N)n2)n1. The first kappa shape index (κ1) is 53.9. The lowest BCUT2D eigenvalue weighted by Crippen LogP contribution is -2.41. The predicted octanol–water partition coefficient (Wildman–Crippen LogP) is 6.48. The van der Waals surface area contributed by atoms with E-state index in [4.69, 9.17) is 29.6 Å². The van der Waals surface area contributed by atoms with Crippen LogP contribution < -0.4 is 5.73 Å². The summed E-state index contributed by atoms with van der Waals surface area (Å²) in [5, 5.41) is 22.3. The molecule has 3 heterocycles. The molecule has 16 heteroatoms. The van der Waals surface area contributed by atoms with Crippen molar-refractivity contribution in [2.75, 3.05) is 39.8 Å². The van der Waals surface area contributed by atoms with Crippen molar-refractivity contribution < 1.29 is 48.1 Å². The fourth-order valence-corrected chi connectivity index (χ4v) is 5.87. The van der Waals surface area contributed by atoms with Gasteiger partial charge in [0.25, 0.3) is 0 Å². The van der Waals surface area contributed by atoms with Crippen LogP contribution in [0.3, 0.4) is 0 Å². The summed E-state index contributed by atoms with van der Waals surface area (Å²) in [4.78, 5) is 57.0. The zero-order chi connectivity index (χ0) is 43.1. The second kappa shape index (κ2) is 29.2. The maximum atomic E-state index is 12.6. The lowest BCUT2D eigenvalue weighted by molar-refractivity contribution is -0.172. The number of ether oxygens (including phenoxy) is 3. The molecule has 0 aliphatic carbocycles. The van der Waals surface area contributed by atoms with Gasteiger partial charge in [0.1, 0.15) is 29.4 Å². The number of oxime groups is 1. The van der Waals surface area contributed by atoms with Gasteiger partial charge in [-0.1, -0.05) is 67.1 Å². The van der Waals surface area contributed by atoms with Crippen LogP contribution in [0.1, 0.15) is 114 Å². The number of anilines is 1. The normalized spacial score (nSPS) is 18.4. The second-order valence-corrected chi connectivity index (χ2v) is 14.4. The van der Waals surface area contributed by atoms with E-state index in [0.29, 0.717) is 47.7 Å². The van der Waals surface area contributed by atoms with E-state index in [2.05, 4.69) is 36.7 Å². The Hall–Kier alpha value is -4.09. The second-order valence-electron chi connectivity index (χ2n) is 14.4. The highest BCUT2D eigenvalue weighted by Crippen LogP contribution is 2.21. The molecule has 0 radical (unpaired) electrons. The Balaban J connectivity index is 0.00000198. The van der Waals surface area contributed by atoms with Gasteiger partial charge >= 0.3 is 5.97 Å². The van der Waals surface area contributed by atoms with Gasteiger partial charge in [-0.05, 0) is 77.6 Å². The summed E-state index contributed by atoms with van der Waals surface area (Å²) in [5.41, 5.74) is 8.23. The molecule has 2 aromatic heterocycles. The van der Waals surface area contributed by atoms with Crippen LogP contribution in [-0.2, 0) is 40.0 Å². The van der Waals surface area contributed by atoms with Crippen LogP contribution in [0.2, 0.25) is 0 Å². The van der Waals surface area contributed by atoms with Gasteiger partial charge in [-0.3, -0.25) is 14.4 Å². The van der Waals surface area contributed by atoms with E-state index in [1.807, 2.05) is 48.7 Å². The Kier molecular flexibility index (Phi) is 27.1. The van der Waals surface area contributed by atoms with Gasteiger partial charge in [0.05, 0.1) is 25.0 Å². The van der Waals surface area contributed by atoms with Crippen LogP contribution in [0.15, 0.2) is 39.0 Å². The molecule has 0 bridgehead atoms. The number of esters is 1. The van der Waals surface area contributed by atoms with Gasteiger partial charge < -0.3 is 44.3 Å².